The molecule has 3 heteroatoms. The molecule has 0 saturated carbocycles. The second-order valence-corrected chi connectivity index (χ2v) is 12.9. The Balaban J connectivity index is 1.14. The van der Waals surface area contributed by atoms with E-state index in [0.717, 1.165) is 16.7 Å². The van der Waals surface area contributed by atoms with E-state index >= 15 is 0 Å². The molecular weight excluding hydrogens is 589 g/mol. The highest BCUT2D eigenvalue weighted by Gasteiger charge is 2.22. The monoisotopic (exact) mass is 618 g/mol. The minimum atomic E-state index is 0.209. The van der Waals surface area contributed by atoms with E-state index in [-0.39, 0.29) is 5.37 Å². The Morgan fingerprint density at radius 2 is 0.830 bits per heavy atom. The minimum Gasteiger partial charge on any atom is -0.368 e. The topological polar surface area (TPSA) is 35.8 Å². The van der Waals surface area contributed by atoms with Crippen molar-refractivity contribution in [3.63, 3.8) is 0 Å². The molecule has 1 aliphatic heterocycles. The highest BCUT2D eigenvalue weighted by Crippen LogP contribution is 2.46. The molecule has 1 atom stereocenters. The summed E-state index contributed by atoms with van der Waals surface area (Å²) in [7, 11) is 0. The highest BCUT2D eigenvalue weighted by atomic mass is 32.2. The standard InChI is InChI=1S/C44H30N2S/c45-29-30-10-12-32(13-11-30)34-16-20-36(21-17-34)40-26-39(35-18-14-33(15-19-35)31-6-2-1-3-7-31)27-41(28-40)37-22-24-38(25-23-37)44-46-42-8-4-5-9-43(42)47-44/h1-28,44,46H. The zero-order valence-electron chi connectivity index (χ0n) is 25.6. The first-order valence-electron chi connectivity index (χ1n) is 15.7. The number of rotatable bonds is 6. The predicted octanol–water partition coefficient (Wildman–Crippen LogP) is 12.1. The first kappa shape index (κ1) is 28.6. The molecule has 0 aromatic heterocycles. The van der Waals surface area contributed by atoms with E-state index < -0.39 is 0 Å². The fourth-order valence-electron chi connectivity index (χ4n) is 6.19. The van der Waals surface area contributed by atoms with Gasteiger partial charge in [0.1, 0.15) is 5.37 Å². The summed E-state index contributed by atoms with van der Waals surface area (Å²) in [4.78, 5) is 1.29. The quantitative estimate of drug-likeness (QED) is 0.201. The van der Waals surface area contributed by atoms with Crippen LogP contribution in [0.3, 0.4) is 0 Å². The number of anilines is 1. The van der Waals surface area contributed by atoms with Crippen molar-refractivity contribution in [1.29, 1.82) is 5.26 Å². The zero-order valence-corrected chi connectivity index (χ0v) is 26.4. The molecule has 8 rings (SSSR count). The molecule has 0 aliphatic carbocycles. The van der Waals surface area contributed by atoms with Crippen LogP contribution in [-0.4, -0.2) is 0 Å². The van der Waals surface area contributed by atoms with Gasteiger partial charge in [0.05, 0.1) is 11.6 Å². The number of fused-ring (bicyclic) bond motifs is 1. The SMILES string of the molecule is N#Cc1ccc(-c2ccc(-c3cc(-c4ccc(-c5ccccc5)cc4)cc(-c4ccc(C5Nc6ccccc6S5)cc4)c3)cc2)cc1. The van der Waals surface area contributed by atoms with Gasteiger partial charge < -0.3 is 5.32 Å². The summed E-state index contributed by atoms with van der Waals surface area (Å²) in [6.07, 6.45) is 0. The molecule has 0 fully saturated rings. The molecule has 0 radical (unpaired) electrons. The van der Waals surface area contributed by atoms with Crippen LogP contribution in [0.25, 0.3) is 55.6 Å². The van der Waals surface area contributed by atoms with Gasteiger partial charge in [-0.25, -0.2) is 0 Å². The van der Waals surface area contributed by atoms with E-state index in [1.807, 2.05) is 36.0 Å². The molecule has 7 aromatic carbocycles. The number of nitrogens with zero attached hydrogens (tertiary/aromatic N) is 1. The van der Waals surface area contributed by atoms with E-state index in [1.54, 1.807) is 0 Å². The van der Waals surface area contributed by atoms with Gasteiger partial charge in [0.2, 0.25) is 0 Å². The van der Waals surface area contributed by atoms with Crippen molar-refractivity contribution >= 4 is 17.4 Å². The Labute approximate surface area is 280 Å². The smallest absolute Gasteiger partial charge is 0.103 e. The van der Waals surface area contributed by atoms with Crippen LogP contribution in [0.1, 0.15) is 16.5 Å². The largest absolute Gasteiger partial charge is 0.368 e. The highest BCUT2D eigenvalue weighted by molar-refractivity contribution is 8.00. The van der Waals surface area contributed by atoms with Crippen LogP contribution in [0.5, 0.6) is 0 Å². The minimum absolute atomic E-state index is 0.209. The Bertz CT molecular complexity index is 2190. The van der Waals surface area contributed by atoms with Crippen molar-refractivity contribution in [3.05, 3.63) is 181 Å². The molecule has 1 heterocycles. The number of nitriles is 1. The summed E-state index contributed by atoms with van der Waals surface area (Å²) in [6.45, 7) is 0. The third kappa shape index (κ3) is 5.95. The van der Waals surface area contributed by atoms with Gasteiger partial charge in [0, 0.05) is 10.6 Å². The number of para-hydroxylation sites is 1. The lowest BCUT2D eigenvalue weighted by Gasteiger charge is -2.14. The Hall–Kier alpha value is -5.82. The van der Waals surface area contributed by atoms with Gasteiger partial charge in [-0.2, -0.15) is 5.26 Å². The van der Waals surface area contributed by atoms with Crippen molar-refractivity contribution in [2.75, 3.05) is 5.32 Å². The average molecular weight is 619 g/mol. The lowest BCUT2D eigenvalue weighted by molar-refractivity contribution is 1.13. The van der Waals surface area contributed by atoms with Crippen LogP contribution in [0.4, 0.5) is 5.69 Å². The molecule has 1 aliphatic rings. The summed E-state index contributed by atoms with van der Waals surface area (Å²) in [6, 6.07) is 62.4. The summed E-state index contributed by atoms with van der Waals surface area (Å²) < 4.78 is 0. The van der Waals surface area contributed by atoms with Gasteiger partial charge >= 0.3 is 0 Å². The summed E-state index contributed by atoms with van der Waals surface area (Å²) >= 11 is 1.87. The fourth-order valence-corrected chi connectivity index (χ4v) is 7.34. The van der Waals surface area contributed by atoms with E-state index in [0.29, 0.717) is 5.56 Å². The van der Waals surface area contributed by atoms with E-state index in [4.69, 9.17) is 0 Å². The molecule has 2 nitrogen and oxygen atoms in total. The number of thioether (sulfide) groups is 1. The van der Waals surface area contributed by atoms with Crippen molar-refractivity contribution in [1.82, 2.24) is 0 Å². The molecule has 7 aromatic rings. The summed E-state index contributed by atoms with van der Waals surface area (Å²) in [5, 5.41) is 13.0. The van der Waals surface area contributed by atoms with E-state index in [1.165, 1.54) is 55.1 Å². The maximum atomic E-state index is 9.18. The van der Waals surface area contributed by atoms with E-state index in [2.05, 4.69) is 157 Å². The molecule has 222 valence electrons. The van der Waals surface area contributed by atoms with Gasteiger partial charge in [0.15, 0.2) is 0 Å². The Kier molecular flexibility index (Phi) is 7.63. The van der Waals surface area contributed by atoms with Gasteiger partial charge in [-0.15, -0.1) is 0 Å². The number of benzene rings is 7. The predicted molar refractivity (Wildman–Crippen MR) is 197 cm³/mol. The third-order valence-corrected chi connectivity index (χ3v) is 10.0. The molecule has 0 amide bonds. The van der Waals surface area contributed by atoms with Crippen molar-refractivity contribution in [2.24, 2.45) is 0 Å². The maximum absolute atomic E-state index is 9.18. The van der Waals surface area contributed by atoms with Gasteiger partial charge in [-0.05, 0) is 104 Å². The fraction of sp³-hybridized carbons (Fsp3) is 0.0227. The van der Waals surface area contributed by atoms with Crippen molar-refractivity contribution in [2.45, 2.75) is 10.3 Å². The van der Waals surface area contributed by atoms with Gasteiger partial charge in [-0.1, -0.05) is 139 Å². The molecule has 0 spiro atoms. The second-order valence-electron chi connectivity index (χ2n) is 11.8. The molecule has 0 saturated heterocycles. The molecule has 1 N–H and O–H groups in total. The number of nitrogens with one attached hydrogen (secondary N) is 1. The van der Waals surface area contributed by atoms with Crippen LogP contribution in [0.15, 0.2) is 175 Å². The second kappa shape index (κ2) is 12.5. The van der Waals surface area contributed by atoms with Crippen LogP contribution < -0.4 is 5.32 Å². The summed E-state index contributed by atoms with van der Waals surface area (Å²) in [5.41, 5.74) is 14.9. The summed E-state index contributed by atoms with van der Waals surface area (Å²) in [5.74, 6) is 0. The number of hydrogen-bond donors (Lipinski definition) is 1. The zero-order chi connectivity index (χ0) is 31.6. The van der Waals surface area contributed by atoms with Crippen molar-refractivity contribution < 1.29 is 0 Å². The Morgan fingerprint density at radius 1 is 0.426 bits per heavy atom. The molecule has 0 bridgehead atoms. The molecule has 1 unspecified atom stereocenters. The normalized spacial score (nSPS) is 13.4. The van der Waals surface area contributed by atoms with E-state index in [9.17, 15) is 5.26 Å². The maximum Gasteiger partial charge on any atom is 0.103 e. The van der Waals surface area contributed by atoms with Gasteiger partial charge in [0.25, 0.3) is 0 Å². The van der Waals surface area contributed by atoms with Crippen LogP contribution in [-0.2, 0) is 0 Å². The molecule has 47 heavy (non-hydrogen) atoms. The van der Waals surface area contributed by atoms with Gasteiger partial charge in [-0.3, -0.25) is 0 Å². The first-order valence-corrected chi connectivity index (χ1v) is 16.6. The molecular formula is C44H30N2S. The lowest BCUT2D eigenvalue weighted by Crippen LogP contribution is -2.00. The van der Waals surface area contributed by atoms with Crippen LogP contribution in [0.2, 0.25) is 0 Å². The average Bonchev–Trinajstić information content (AvgIpc) is 3.60. The van der Waals surface area contributed by atoms with Crippen molar-refractivity contribution in [3.8, 4) is 61.7 Å². The lowest BCUT2D eigenvalue weighted by atomic mass is 9.91. The Morgan fingerprint density at radius 3 is 1.32 bits per heavy atom. The van der Waals surface area contributed by atoms with Crippen LogP contribution >= 0.6 is 11.8 Å². The number of hydrogen-bond acceptors (Lipinski definition) is 3. The van der Waals surface area contributed by atoms with Crippen LogP contribution in [0, 0.1) is 11.3 Å². The first-order chi connectivity index (χ1) is 23.2. The third-order valence-electron chi connectivity index (χ3n) is 8.79.